The molecule has 2 aromatic rings. The Hall–Kier alpha value is -1.96. The van der Waals surface area contributed by atoms with E-state index in [1.54, 1.807) is 19.2 Å². The monoisotopic (exact) mass is 265 g/mol. The molecule has 0 aliphatic carbocycles. The Morgan fingerprint density at radius 3 is 2.47 bits per heavy atom. The summed E-state index contributed by atoms with van der Waals surface area (Å²) in [7, 11) is 4.18. The molecule has 7 nitrogen and oxygen atoms in total. The molecule has 0 atom stereocenters. The smallest absolute Gasteiger partial charge is 0.330 e. The van der Waals surface area contributed by atoms with Crippen LogP contribution < -0.4 is 4.74 Å². The molecular formula is C12H15N3O4. The molecule has 0 radical (unpaired) electrons. The van der Waals surface area contributed by atoms with Crippen molar-refractivity contribution in [3.05, 3.63) is 36.2 Å². The summed E-state index contributed by atoms with van der Waals surface area (Å²) in [5.74, 6) is -1.30. The summed E-state index contributed by atoms with van der Waals surface area (Å²) in [5.41, 5.74) is 0.786. The fraction of sp³-hybridized carbons (Fsp3) is 0.333. The van der Waals surface area contributed by atoms with Crippen LogP contribution in [-0.4, -0.2) is 41.4 Å². The van der Waals surface area contributed by atoms with E-state index in [0.29, 0.717) is 11.4 Å². The van der Waals surface area contributed by atoms with Crippen LogP contribution in [0.25, 0.3) is 5.69 Å². The molecule has 2 rings (SSSR count). The number of rotatable bonds is 5. The van der Waals surface area contributed by atoms with Crippen LogP contribution in [0.1, 0.15) is 5.69 Å². The summed E-state index contributed by atoms with van der Waals surface area (Å²) in [6, 6.07) is 7.26. The molecule has 0 saturated heterocycles. The van der Waals surface area contributed by atoms with Gasteiger partial charge in [-0.1, -0.05) is 12.1 Å². The Bertz CT molecular complexity index is 551. The van der Waals surface area contributed by atoms with E-state index in [1.165, 1.54) is 25.2 Å². The highest BCUT2D eigenvalue weighted by Gasteiger charge is 2.33. The van der Waals surface area contributed by atoms with Crippen molar-refractivity contribution >= 4 is 0 Å². The van der Waals surface area contributed by atoms with Crippen LogP contribution in [0.15, 0.2) is 30.5 Å². The minimum absolute atomic E-state index is 0.142. The van der Waals surface area contributed by atoms with E-state index in [0.717, 1.165) is 0 Å². The van der Waals surface area contributed by atoms with Gasteiger partial charge in [0.1, 0.15) is 11.4 Å². The van der Waals surface area contributed by atoms with Crippen molar-refractivity contribution < 1.29 is 19.3 Å². The lowest BCUT2D eigenvalue weighted by atomic mass is 10.3. The largest absolute Gasteiger partial charge is 0.494 e. The Morgan fingerprint density at radius 1 is 1.16 bits per heavy atom. The minimum Gasteiger partial charge on any atom is -0.494 e. The zero-order valence-electron chi connectivity index (χ0n) is 10.9. The predicted molar refractivity (Wildman–Crippen MR) is 65.8 cm³/mol. The number of aromatic nitrogens is 3. The number of aliphatic hydroxyl groups is 1. The van der Waals surface area contributed by atoms with Crippen LogP contribution in [0, 0.1) is 0 Å². The van der Waals surface area contributed by atoms with Gasteiger partial charge in [-0.3, -0.25) is 0 Å². The lowest BCUT2D eigenvalue weighted by Crippen LogP contribution is -2.30. The van der Waals surface area contributed by atoms with E-state index in [2.05, 4.69) is 10.2 Å². The van der Waals surface area contributed by atoms with Crippen LogP contribution in [0.2, 0.25) is 0 Å². The van der Waals surface area contributed by atoms with Gasteiger partial charge >= 0.3 is 5.97 Å². The molecule has 7 heteroatoms. The van der Waals surface area contributed by atoms with Crippen LogP contribution in [-0.2, 0) is 15.4 Å². The average Bonchev–Trinajstić information content (AvgIpc) is 2.96. The predicted octanol–water partition coefficient (Wildman–Crippen LogP) is 0.671. The minimum atomic E-state index is -1.92. The molecule has 0 aliphatic heterocycles. The van der Waals surface area contributed by atoms with Gasteiger partial charge in [-0.05, 0) is 12.1 Å². The summed E-state index contributed by atoms with van der Waals surface area (Å²) in [4.78, 5) is 1.33. The molecule has 1 aromatic carbocycles. The van der Waals surface area contributed by atoms with Gasteiger partial charge in [0.25, 0.3) is 0 Å². The van der Waals surface area contributed by atoms with Gasteiger partial charge in [0, 0.05) is 14.2 Å². The summed E-state index contributed by atoms with van der Waals surface area (Å²) in [5, 5.41) is 18.2. The fourth-order valence-corrected chi connectivity index (χ4v) is 1.61. The number of para-hydroxylation sites is 2. The summed E-state index contributed by atoms with van der Waals surface area (Å²) in [6.07, 6.45) is 1.36. The van der Waals surface area contributed by atoms with Crippen molar-refractivity contribution in [2.75, 3.05) is 21.3 Å². The molecule has 0 amide bonds. The first-order valence-electron chi connectivity index (χ1n) is 5.53. The van der Waals surface area contributed by atoms with Crippen LogP contribution >= 0.6 is 0 Å². The third kappa shape index (κ3) is 2.43. The second kappa shape index (κ2) is 5.35. The van der Waals surface area contributed by atoms with Crippen molar-refractivity contribution in [1.29, 1.82) is 0 Å². The van der Waals surface area contributed by atoms with Crippen LogP contribution in [0.3, 0.4) is 0 Å². The molecule has 1 heterocycles. The van der Waals surface area contributed by atoms with E-state index in [9.17, 15) is 5.11 Å². The molecule has 0 aliphatic rings. The molecule has 0 fully saturated rings. The third-order valence-electron chi connectivity index (χ3n) is 2.67. The first-order chi connectivity index (χ1) is 9.14. The Balaban J connectivity index is 2.41. The maximum atomic E-state index is 10.00. The van der Waals surface area contributed by atoms with Crippen molar-refractivity contribution in [2.45, 2.75) is 5.97 Å². The first-order valence-corrected chi connectivity index (χ1v) is 5.53. The molecule has 0 spiro atoms. The standard InChI is InChI=1S/C12H15N3O4/c1-17-10-7-5-4-6-9(10)15-13-8-11(14-15)12(16,18-2)19-3/h4-8,16H,1-3H3. The van der Waals surface area contributed by atoms with Crippen LogP contribution in [0.5, 0.6) is 5.75 Å². The average molecular weight is 265 g/mol. The number of benzene rings is 1. The maximum Gasteiger partial charge on any atom is 0.330 e. The quantitative estimate of drug-likeness (QED) is 0.801. The molecule has 102 valence electrons. The third-order valence-corrected chi connectivity index (χ3v) is 2.67. The highest BCUT2D eigenvalue weighted by atomic mass is 16.8. The van der Waals surface area contributed by atoms with E-state index in [-0.39, 0.29) is 5.69 Å². The van der Waals surface area contributed by atoms with Crippen molar-refractivity contribution in [3.8, 4) is 11.4 Å². The Labute approximate surface area is 110 Å². The van der Waals surface area contributed by atoms with Crippen molar-refractivity contribution in [3.63, 3.8) is 0 Å². The zero-order chi connectivity index (χ0) is 13.9. The number of hydrogen-bond donors (Lipinski definition) is 1. The molecule has 1 N–H and O–H groups in total. The number of nitrogens with zero attached hydrogens (tertiary/aromatic N) is 3. The summed E-state index contributed by atoms with van der Waals surface area (Å²) in [6.45, 7) is 0. The first kappa shape index (κ1) is 13.5. The van der Waals surface area contributed by atoms with Crippen LogP contribution in [0.4, 0.5) is 0 Å². The van der Waals surface area contributed by atoms with Gasteiger partial charge in [-0.15, -0.1) is 9.90 Å². The van der Waals surface area contributed by atoms with Crippen molar-refractivity contribution in [2.24, 2.45) is 0 Å². The van der Waals surface area contributed by atoms with Gasteiger partial charge in [0.15, 0.2) is 5.69 Å². The van der Waals surface area contributed by atoms with E-state index < -0.39 is 5.97 Å². The van der Waals surface area contributed by atoms with Gasteiger partial charge in [-0.25, -0.2) is 0 Å². The normalized spacial score (nSPS) is 11.6. The van der Waals surface area contributed by atoms with E-state index in [1.807, 2.05) is 12.1 Å². The number of methoxy groups -OCH3 is 3. The SMILES string of the molecule is COc1ccccc1-n1ncc(C(O)(OC)OC)n1. The van der Waals surface area contributed by atoms with E-state index >= 15 is 0 Å². The van der Waals surface area contributed by atoms with Gasteiger partial charge in [0.2, 0.25) is 0 Å². The second-order valence-electron chi connectivity index (χ2n) is 3.68. The molecule has 1 aromatic heterocycles. The maximum absolute atomic E-state index is 10.00. The topological polar surface area (TPSA) is 78.6 Å². The highest BCUT2D eigenvalue weighted by molar-refractivity contribution is 5.44. The number of ether oxygens (including phenoxy) is 3. The molecule has 0 unspecified atom stereocenters. The Kier molecular flexibility index (Phi) is 3.79. The molecule has 19 heavy (non-hydrogen) atoms. The van der Waals surface area contributed by atoms with E-state index in [4.69, 9.17) is 14.2 Å². The summed E-state index contributed by atoms with van der Waals surface area (Å²) < 4.78 is 15.0. The second-order valence-corrected chi connectivity index (χ2v) is 3.68. The molecule has 0 bridgehead atoms. The molecule has 0 saturated carbocycles. The Morgan fingerprint density at radius 2 is 1.84 bits per heavy atom. The lowest BCUT2D eigenvalue weighted by Gasteiger charge is -2.20. The van der Waals surface area contributed by atoms with Crippen molar-refractivity contribution in [1.82, 2.24) is 15.0 Å². The highest BCUT2D eigenvalue weighted by Crippen LogP contribution is 2.23. The lowest BCUT2D eigenvalue weighted by molar-refractivity contribution is -0.354. The fourth-order valence-electron chi connectivity index (χ4n) is 1.61. The number of hydrogen-bond acceptors (Lipinski definition) is 6. The van der Waals surface area contributed by atoms with Gasteiger partial charge in [0.05, 0.1) is 13.3 Å². The zero-order valence-corrected chi connectivity index (χ0v) is 10.9. The van der Waals surface area contributed by atoms with Gasteiger partial charge in [-0.2, -0.15) is 5.10 Å². The summed E-state index contributed by atoms with van der Waals surface area (Å²) >= 11 is 0. The molecular weight excluding hydrogens is 250 g/mol. The van der Waals surface area contributed by atoms with Gasteiger partial charge < -0.3 is 19.3 Å².